The summed E-state index contributed by atoms with van der Waals surface area (Å²) >= 11 is -0.218. The van der Waals surface area contributed by atoms with E-state index in [2.05, 4.69) is 11.2 Å². The van der Waals surface area contributed by atoms with Gasteiger partial charge in [0.15, 0.2) is 0 Å². The van der Waals surface area contributed by atoms with Gasteiger partial charge in [0.25, 0.3) is 0 Å². The van der Waals surface area contributed by atoms with Crippen LogP contribution in [0.4, 0.5) is 0 Å². The van der Waals surface area contributed by atoms with E-state index in [1.807, 2.05) is 0 Å². The molecule has 0 bridgehead atoms. The second-order valence-electron chi connectivity index (χ2n) is 0.276. The molecule has 4 heavy (non-hydrogen) atoms. The van der Waals surface area contributed by atoms with Gasteiger partial charge in [-0.15, -0.1) is 6.42 Å². The van der Waals surface area contributed by atoms with E-state index in [1.165, 1.54) is 0 Å². The topological polar surface area (TPSA) is 0 Å². The van der Waals surface area contributed by atoms with Gasteiger partial charge in [-0.2, -0.15) is 4.78 Å². The quantitative estimate of drug-likeness (QED) is 0.297. The van der Waals surface area contributed by atoms with E-state index >= 15 is 0 Å². The molecule has 0 atom stereocenters. The summed E-state index contributed by atoms with van der Waals surface area (Å²) in [5.41, 5.74) is 0. The molecule has 0 heterocycles. The van der Waals surface area contributed by atoms with Gasteiger partial charge in [0.1, 0.15) is 0 Å². The van der Waals surface area contributed by atoms with Crippen molar-refractivity contribution in [3.05, 3.63) is 0 Å². The van der Waals surface area contributed by atoms with Gasteiger partial charge in [0.05, 0.1) is 0 Å². The highest BCUT2D eigenvalue weighted by Gasteiger charge is 1.62. The second-order valence-corrected chi connectivity index (χ2v) is 1.48. The molecule has 0 saturated heterocycles. The third-order valence-electron chi connectivity index (χ3n) is 0.0630. The van der Waals surface area contributed by atoms with Crippen molar-refractivity contribution in [2.45, 2.75) is 0 Å². The number of rotatable bonds is 0. The first-order chi connectivity index (χ1) is 1.91. The Hall–Kier alpha value is 0.382. The Bertz CT molecular complexity index is 35.8. The molecule has 0 spiro atoms. The third-order valence-corrected chi connectivity index (χ3v) is 0.567. The van der Waals surface area contributed by atoms with Crippen LogP contribution in [0.2, 0.25) is 0 Å². The molecule has 0 rings (SSSR count). The minimum Gasteiger partial charge on any atom is -0.253 e. The van der Waals surface area contributed by atoms with Crippen molar-refractivity contribution in [2.75, 3.05) is 0 Å². The lowest BCUT2D eigenvalue weighted by Crippen LogP contribution is -1.56. The van der Waals surface area contributed by atoms with Crippen molar-refractivity contribution in [1.82, 2.24) is 0 Å². The summed E-state index contributed by atoms with van der Waals surface area (Å²) < 4.78 is 0. The van der Waals surface area contributed by atoms with Crippen LogP contribution in [0.3, 0.4) is 0 Å². The lowest BCUT2D eigenvalue weighted by molar-refractivity contribution is 3.06. The predicted octanol–water partition coefficient (Wildman–Crippen LogP) is 0.435. The average Bonchev–Trinajstić information content (AvgIpc) is 1.37. The monoisotopic (exact) mass is 87.0 g/mol. The molecule has 0 saturated carbocycles. The Morgan fingerprint density at radius 1 is 2.00 bits per heavy atom. The van der Waals surface area contributed by atoms with Gasteiger partial charge in [0, 0.05) is 0 Å². The molecule has 0 N–H and O–H groups in total. The van der Waals surface area contributed by atoms with Crippen LogP contribution in [0.15, 0.2) is 0 Å². The van der Waals surface area contributed by atoms with Gasteiger partial charge in [-0.25, -0.2) is 0 Å². The summed E-state index contributed by atoms with van der Waals surface area (Å²) in [6, 6.07) is 0. The maximum atomic E-state index is 5.03. The maximum absolute atomic E-state index is 5.03. The zero-order chi connectivity index (χ0) is 3.41. The first-order valence-corrected chi connectivity index (χ1v) is 3.12. The fourth-order valence-corrected chi connectivity index (χ4v) is 0. The molecule has 0 unspecified atom stereocenters. The van der Waals surface area contributed by atoms with E-state index in [-0.39, 0.29) is 14.3 Å². The summed E-state index contributed by atoms with van der Waals surface area (Å²) in [6.07, 6.45) is 4.68. The summed E-state index contributed by atoms with van der Waals surface area (Å²) in [6.45, 7) is 0. The Labute approximate surface area is 36.1 Å². The summed E-state index contributed by atoms with van der Waals surface area (Å²) in [5.74, 6) is 0. The van der Waals surface area contributed by atoms with Gasteiger partial charge in [-0.3, -0.25) is 10.0 Å². The highest BCUT2D eigenvalue weighted by molar-refractivity contribution is 6.98. The molecule has 0 aromatic rings. The van der Waals surface area contributed by atoms with Gasteiger partial charge in [-0.1, -0.05) is 0 Å². The first-order valence-electron chi connectivity index (χ1n) is 0.796. The summed E-state index contributed by atoms with van der Waals surface area (Å²) in [5, 5.41) is 0. The Morgan fingerprint density at radius 2 is 2.25 bits per heavy atom. The highest BCUT2D eigenvalue weighted by atomic mass is 35.6. The molecule has 0 aromatic carbocycles. The fraction of sp³-hybridized carbons (Fsp3) is 0. The fourth-order valence-electron chi connectivity index (χ4n) is 0. The van der Waals surface area contributed by atoms with E-state index < -0.39 is 0 Å². The molecule has 1 radical (unpaired) electrons. The minimum atomic E-state index is -0.218. The van der Waals surface area contributed by atoms with Gasteiger partial charge in [0.2, 0.25) is 0 Å². The molecular formula is C2HAlCl. The molecule has 0 amide bonds. The van der Waals surface area contributed by atoms with Crippen LogP contribution in [-0.4, -0.2) is 14.3 Å². The molecular weight excluding hydrogens is 86.5 g/mol. The molecule has 0 aliphatic heterocycles. The van der Waals surface area contributed by atoms with Crippen molar-refractivity contribution in [3.63, 3.8) is 0 Å². The standard InChI is InChI=1S/C2H.Al.ClH/c1-2;;/h1H;;1H/q;+1;/p-1. The summed E-state index contributed by atoms with van der Waals surface area (Å²) in [7, 11) is 5.03. The van der Waals surface area contributed by atoms with E-state index in [0.29, 0.717) is 0 Å². The van der Waals surface area contributed by atoms with E-state index in [1.54, 1.807) is 0 Å². The maximum Gasteiger partial charge on any atom is 0.470 e. The Morgan fingerprint density at radius 3 is 2.25 bits per heavy atom. The van der Waals surface area contributed by atoms with Gasteiger partial charge < -0.3 is 0 Å². The number of terminal acetylenes is 1. The largest absolute Gasteiger partial charge is 0.470 e. The van der Waals surface area contributed by atoms with Crippen molar-refractivity contribution in [1.29, 1.82) is 0 Å². The number of halogens is 1. The van der Waals surface area contributed by atoms with E-state index in [0.717, 1.165) is 0 Å². The SMILES string of the molecule is C#[C][Al][Cl]. The second kappa shape index (κ2) is 3.38. The van der Waals surface area contributed by atoms with Gasteiger partial charge >= 0.3 is 14.3 Å². The van der Waals surface area contributed by atoms with Crippen molar-refractivity contribution in [3.8, 4) is 11.2 Å². The minimum absolute atomic E-state index is 0.218. The molecule has 19 valence electrons. The Balaban J connectivity index is 2.43. The molecule has 2 heteroatoms. The van der Waals surface area contributed by atoms with Crippen LogP contribution in [-0.2, 0) is 0 Å². The van der Waals surface area contributed by atoms with Crippen molar-refractivity contribution in [2.24, 2.45) is 0 Å². The van der Waals surface area contributed by atoms with Crippen LogP contribution in [0.25, 0.3) is 0 Å². The van der Waals surface area contributed by atoms with Crippen LogP contribution >= 0.6 is 10.0 Å². The predicted molar refractivity (Wildman–Crippen MR) is 20.4 cm³/mol. The first kappa shape index (κ1) is 4.38. The van der Waals surface area contributed by atoms with Crippen LogP contribution in [0.1, 0.15) is 0 Å². The zero-order valence-electron chi connectivity index (χ0n) is 2.03. The lowest BCUT2D eigenvalue weighted by Gasteiger charge is -1.42. The van der Waals surface area contributed by atoms with Crippen LogP contribution in [0, 0.1) is 11.2 Å². The summed E-state index contributed by atoms with van der Waals surface area (Å²) in [4.78, 5) is 2.28. The molecule has 0 nitrogen and oxygen atoms in total. The average molecular weight is 87.5 g/mol. The van der Waals surface area contributed by atoms with Crippen molar-refractivity contribution >= 4 is 24.3 Å². The third kappa shape index (κ3) is 2.38. The van der Waals surface area contributed by atoms with E-state index in [9.17, 15) is 0 Å². The normalized spacial score (nSPS) is 4.00. The molecule has 0 aromatic heterocycles. The molecule has 0 aliphatic rings. The highest BCUT2D eigenvalue weighted by Crippen LogP contribution is 1.54. The number of hydrogen-bond acceptors (Lipinski definition) is 0. The smallest absolute Gasteiger partial charge is 0.253 e. The zero-order valence-corrected chi connectivity index (χ0v) is 3.94. The lowest BCUT2D eigenvalue weighted by atomic mass is 11.4. The van der Waals surface area contributed by atoms with Crippen LogP contribution in [0.5, 0.6) is 0 Å². The number of hydrogen-bond donors (Lipinski definition) is 0. The molecule has 0 fully saturated rings. The van der Waals surface area contributed by atoms with E-state index in [4.69, 9.17) is 10.0 Å². The van der Waals surface area contributed by atoms with Gasteiger partial charge in [-0.05, 0) is 0 Å². The Kier molecular flexibility index (Phi) is 3.71. The van der Waals surface area contributed by atoms with Crippen molar-refractivity contribution < 1.29 is 0 Å². The van der Waals surface area contributed by atoms with Crippen LogP contribution < -0.4 is 0 Å². The molecule has 0 aliphatic carbocycles.